The molecule has 5 nitrogen and oxygen atoms in total. The molecule has 1 fully saturated rings. The lowest BCUT2D eigenvalue weighted by Gasteiger charge is -2.13. The third-order valence-electron chi connectivity index (χ3n) is 3.28. The van der Waals surface area contributed by atoms with E-state index in [1.165, 1.54) is 12.8 Å². The number of aromatic nitrogens is 1. The van der Waals surface area contributed by atoms with Gasteiger partial charge in [-0.05, 0) is 24.7 Å². The second-order valence-corrected chi connectivity index (χ2v) is 5.53. The largest absolute Gasteiger partial charge is 0.377 e. The Morgan fingerprint density at radius 3 is 3.06 bits per heavy atom. The molecule has 1 aliphatic carbocycles. The summed E-state index contributed by atoms with van der Waals surface area (Å²) in [6.45, 7) is 1.04. The SMILES string of the molecule is COCc1cc(C(=O)NCC2(CCBr)CC2)no1. The zero-order chi connectivity index (χ0) is 13.0. The molecule has 100 valence electrons. The quantitative estimate of drug-likeness (QED) is 0.782. The Bertz CT molecular complexity index is 415. The van der Waals surface area contributed by atoms with Crippen LogP contribution in [-0.4, -0.2) is 30.0 Å². The molecule has 0 spiro atoms. The summed E-state index contributed by atoms with van der Waals surface area (Å²) in [6.07, 6.45) is 3.47. The molecule has 2 rings (SSSR count). The number of hydrogen-bond acceptors (Lipinski definition) is 4. The number of hydrogen-bond donors (Lipinski definition) is 1. The average molecular weight is 317 g/mol. The number of methoxy groups -OCH3 is 1. The highest BCUT2D eigenvalue weighted by Crippen LogP contribution is 2.48. The topological polar surface area (TPSA) is 64.4 Å². The first-order valence-corrected chi connectivity index (χ1v) is 7.10. The van der Waals surface area contributed by atoms with Gasteiger partial charge in [0.25, 0.3) is 5.91 Å². The number of rotatable bonds is 7. The van der Waals surface area contributed by atoms with Crippen molar-refractivity contribution in [2.24, 2.45) is 5.41 Å². The van der Waals surface area contributed by atoms with Crippen LogP contribution < -0.4 is 5.32 Å². The Morgan fingerprint density at radius 1 is 1.67 bits per heavy atom. The maximum atomic E-state index is 11.9. The third-order valence-corrected chi connectivity index (χ3v) is 3.68. The minimum absolute atomic E-state index is 0.179. The summed E-state index contributed by atoms with van der Waals surface area (Å²) in [5.74, 6) is 0.381. The van der Waals surface area contributed by atoms with Gasteiger partial charge in [-0.15, -0.1) is 0 Å². The molecular formula is C12H17BrN2O3. The molecule has 1 N–H and O–H groups in total. The third kappa shape index (κ3) is 3.32. The highest BCUT2D eigenvalue weighted by Gasteiger charge is 2.41. The first-order valence-electron chi connectivity index (χ1n) is 5.98. The Kier molecular flexibility index (Phi) is 4.40. The molecule has 0 atom stereocenters. The van der Waals surface area contributed by atoms with Crippen LogP contribution in [0.15, 0.2) is 10.6 Å². The maximum Gasteiger partial charge on any atom is 0.273 e. The number of amides is 1. The molecule has 1 aromatic rings. The van der Waals surface area contributed by atoms with Crippen LogP contribution in [0.4, 0.5) is 0 Å². The number of halogens is 1. The van der Waals surface area contributed by atoms with Crippen LogP contribution in [0.5, 0.6) is 0 Å². The van der Waals surface area contributed by atoms with Gasteiger partial charge < -0.3 is 14.6 Å². The van der Waals surface area contributed by atoms with Crippen molar-refractivity contribution in [2.75, 3.05) is 19.0 Å². The van der Waals surface area contributed by atoms with Crippen molar-refractivity contribution in [2.45, 2.75) is 25.9 Å². The van der Waals surface area contributed by atoms with Gasteiger partial charge in [-0.2, -0.15) is 0 Å². The van der Waals surface area contributed by atoms with Gasteiger partial charge in [0.05, 0.1) is 0 Å². The zero-order valence-corrected chi connectivity index (χ0v) is 12.0. The van der Waals surface area contributed by atoms with Gasteiger partial charge in [-0.25, -0.2) is 0 Å². The van der Waals surface area contributed by atoms with Gasteiger partial charge >= 0.3 is 0 Å². The van der Waals surface area contributed by atoms with Gasteiger partial charge in [0.1, 0.15) is 6.61 Å². The predicted octanol–water partition coefficient (Wildman–Crippen LogP) is 2.12. The maximum absolute atomic E-state index is 11.9. The molecule has 1 saturated carbocycles. The number of nitrogens with zero attached hydrogens (tertiary/aromatic N) is 1. The number of carbonyl (C=O) groups excluding carboxylic acids is 1. The molecule has 0 unspecified atom stereocenters. The van der Waals surface area contributed by atoms with Crippen molar-refractivity contribution in [3.8, 4) is 0 Å². The summed E-state index contributed by atoms with van der Waals surface area (Å²) in [5, 5.41) is 7.62. The van der Waals surface area contributed by atoms with E-state index in [2.05, 4.69) is 26.4 Å². The Labute approximate surface area is 114 Å². The van der Waals surface area contributed by atoms with E-state index >= 15 is 0 Å². The van der Waals surface area contributed by atoms with Crippen molar-refractivity contribution >= 4 is 21.8 Å². The molecule has 1 heterocycles. The highest BCUT2D eigenvalue weighted by molar-refractivity contribution is 9.09. The Balaban J connectivity index is 1.83. The van der Waals surface area contributed by atoms with Crippen LogP contribution in [0.3, 0.4) is 0 Å². The van der Waals surface area contributed by atoms with E-state index in [1.807, 2.05) is 0 Å². The number of ether oxygens (including phenoxy) is 1. The van der Waals surface area contributed by atoms with Gasteiger partial charge in [0.15, 0.2) is 11.5 Å². The van der Waals surface area contributed by atoms with Crippen molar-refractivity contribution in [1.29, 1.82) is 0 Å². The van der Waals surface area contributed by atoms with Gasteiger partial charge in [0.2, 0.25) is 0 Å². The molecule has 0 bridgehead atoms. The lowest BCUT2D eigenvalue weighted by atomic mass is 10.0. The summed E-state index contributed by atoms with van der Waals surface area (Å²) < 4.78 is 9.88. The molecule has 0 aliphatic heterocycles. The minimum atomic E-state index is -0.179. The Morgan fingerprint density at radius 2 is 2.44 bits per heavy atom. The lowest BCUT2D eigenvalue weighted by Crippen LogP contribution is -2.30. The second kappa shape index (κ2) is 5.84. The normalized spacial score (nSPS) is 16.6. The fourth-order valence-corrected chi connectivity index (χ4v) is 2.72. The highest BCUT2D eigenvalue weighted by atomic mass is 79.9. The first-order chi connectivity index (χ1) is 8.69. The van der Waals surface area contributed by atoms with Crippen LogP contribution >= 0.6 is 15.9 Å². The van der Waals surface area contributed by atoms with Crippen LogP contribution in [0.2, 0.25) is 0 Å². The molecule has 0 aromatic carbocycles. The standard InChI is InChI=1S/C12H17BrN2O3/c1-17-7-9-6-10(15-18-9)11(16)14-8-12(2-3-12)4-5-13/h6H,2-5,7-8H2,1H3,(H,14,16). The fraction of sp³-hybridized carbons (Fsp3) is 0.667. The molecule has 6 heteroatoms. The molecular weight excluding hydrogens is 300 g/mol. The smallest absolute Gasteiger partial charge is 0.273 e. The summed E-state index contributed by atoms with van der Waals surface area (Å²) in [5.41, 5.74) is 0.620. The zero-order valence-electron chi connectivity index (χ0n) is 10.4. The van der Waals surface area contributed by atoms with E-state index in [-0.39, 0.29) is 5.91 Å². The van der Waals surface area contributed by atoms with Gasteiger partial charge in [0, 0.05) is 25.1 Å². The summed E-state index contributed by atoms with van der Waals surface area (Å²) in [4.78, 5) is 11.9. The summed E-state index contributed by atoms with van der Waals surface area (Å²) in [7, 11) is 1.57. The van der Waals surface area contributed by atoms with Crippen LogP contribution in [-0.2, 0) is 11.3 Å². The van der Waals surface area contributed by atoms with E-state index in [1.54, 1.807) is 13.2 Å². The Hall–Kier alpha value is -0.880. The molecule has 1 aliphatic rings. The number of carbonyl (C=O) groups is 1. The van der Waals surface area contributed by atoms with Gasteiger partial charge in [-0.3, -0.25) is 4.79 Å². The molecule has 18 heavy (non-hydrogen) atoms. The monoisotopic (exact) mass is 316 g/mol. The van der Waals surface area contributed by atoms with Crippen molar-refractivity contribution < 1.29 is 14.1 Å². The summed E-state index contributed by atoms with van der Waals surface area (Å²) >= 11 is 3.44. The van der Waals surface area contributed by atoms with E-state index in [0.717, 1.165) is 11.8 Å². The number of nitrogens with one attached hydrogen (secondary N) is 1. The molecule has 1 amide bonds. The first kappa shape index (κ1) is 13.5. The fourth-order valence-electron chi connectivity index (χ4n) is 1.88. The minimum Gasteiger partial charge on any atom is -0.377 e. The van der Waals surface area contributed by atoms with Crippen LogP contribution in [0.1, 0.15) is 35.5 Å². The predicted molar refractivity (Wildman–Crippen MR) is 69.6 cm³/mol. The van der Waals surface area contributed by atoms with Crippen LogP contribution in [0, 0.1) is 5.41 Å². The van der Waals surface area contributed by atoms with Gasteiger partial charge in [-0.1, -0.05) is 21.1 Å². The lowest BCUT2D eigenvalue weighted by molar-refractivity contribution is 0.0934. The van der Waals surface area contributed by atoms with E-state index < -0.39 is 0 Å². The van der Waals surface area contributed by atoms with Crippen LogP contribution in [0.25, 0.3) is 0 Å². The number of alkyl halides is 1. The molecule has 1 aromatic heterocycles. The average Bonchev–Trinajstić information content (AvgIpc) is 2.96. The van der Waals surface area contributed by atoms with E-state index in [4.69, 9.17) is 9.26 Å². The molecule has 0 radical (unpaired) electrons. The van der Waals surface area contributed by atoms with Crippen molar-refractivity contribution in [1.82, 2.24) is 10.5 Å². The van der Waals surface area contributed by atoms with E-state index in [9.17, 15) is 4.79 Å². The molecule has 0 saturated heterocycles. The van der Waals surface area contributed by atoms with Crippen molar-refractivity contribution in [3.63, 3.8) is 0 Å². The van der Waals surface area contributed by atoms with E-state index in [0.29, 0.717) is 30.0 Å². The van der Waals surface area contributed by atoms with Crippen molar-refractivity contribution in [3.05, 3.63) is 17.5 Å². The summed E-state index contributed by atoms with van der Waals surface area (Å²) in [6, 6.07) is 1.61. The second-order valence-electron chi connectivity index (χ2n) is 4.73.